The number of urea groups is 1. The number of amides is 2. The van der Waals surface area contributed by atoms with Crippen LogP contribution in [0, 0.1) is 12.3 Å². The maximum absolute atomic E-state index is 12.1. The smallest absolute Gasteiger partial charge is 0.328 e. The fourth-order valence-corrected chi connectivity index (χ4v) is 2.11. The highest BCUT2D eigenvalue weighted by Crippen LogP contribution is 2.18. The first-order valence-electron chi connectivity index (χ1n) is 6.32. The minimum atomic E-state index is -1.21. The highest BCUT2D eigenvalue weighted by atomic mass is 16.5. The zero-order chi connectivity index (χ0) is 15.1. The largest absolute Gasteiger partial charge is 0.480 e. The maximum atomic E-state index is 12.1. The Labute approximate surface area is 117 Å². The highest BCUT2D eigenvalue weighted by molar-refractivity contribution is 5.87. The number of carboxylic acids is 1. The molecule has 0 aromatic rings. The average molecular weight is 282 g/mol. The molecule has 1 heterocycles. The zero-order valence-electron chi connectivity index (χ0n) is 11.3. The molecule has 1 aliphatic rings. The van der Waals surface area contributed by atoms with Gasteiger partial charge < -0.3 is 20.1 Å². The van der Waals surface area contributed by atoms with E-state index in [1.807, 2.05) is 0 Å². The molecule has 0 aromatic carbocycles. The molecule has 2 amide bonds. The van der Waals surface area contributed by atoms with Crippen molar-refractivity contribution in [3.05, 3.63) is 0 Å². The molecule has 2 N–H and O–H groups in total. The summed E-state index contributed by atoms with van der Waals surface area (Å²) in [7, 11) is 1.26. The number of esters is 1. The molecular formula is C13H18N2O5. The predicted molar refractivity (Wildman–Crippen MR) is 69.8 cm³/mol. The Morgan fingerprint density at radius 2 is 2.20 bits per heavy atom. The summed E-state index contributed by atoms with van der Waals surface area (Å²) < 4.78 is 4.66. The van der Waals surface area contributed by atoms with E-state index in [0.717, 1.165) is 12.8 Å². The Bertz CT molecular complexity index is 429. The number of carboxylic acid groups (broad SMARTS) is 1. The second kappa shape index (κ2) is 7.38. The molecule has 0 aromatic heterocycles. The number of carbonyl (C=O) groups excluding carboxylic acids is 2. The molecule has 7 nitrogen and oxygen atoms in total. The van der Waals surface area contributed by atoms with Crippen LogP contribution in [0.2, 0.25) is 0 Å². The lowest BCUT2D eigenvalue weighted by molar-refractivity contribution is -0.146. The molecule has 0 aliphatic carbocycles. The van der Waals surface area contributed by atoms with Gasteiger partial charge >= 0.3 is 18.0 Å². The number of hydrogen-bond acceptors (Lipinski definition) is 4. The van der Waals surface area contributed by atoms with Gasteiger partial charge in [-0.1, -0.05) is 0 Å². The van der Waals surface area contributed by atoms with Crippen molar-refractivity contribution >= 4 is 18.0 Å². The van der Waals surface area contributed by atoms with Crippen LogP contribution in [0.1, 0.15) is 25.7 Å². The van der Waals surface area contributed by atoms with Crippen LogP contribution in [-0.2, 0) is 14.3 Å². The second-order valence-electron chi connectivity index (χ2n) is 4.48. The summed E-state index contributed by atoms with van der Waals surface area (Å²) in [6.07, 6.45) is 7.03. The molecule has 2 unspecified atom stereocenters. The molecule has 0 bridgehead atoms. The molecule has 0 radical (unpaired) electrons. The molecule has 1 saturated heterocycles. The third-order valence-corrected chi connectivity index (χ3v) is 3.15. The van der Waals surface area contributed by atoms with Crippen LogP contribution in [0.25, 0.3) is 0 Å². The van der Waals surface area contributed by atoms with E-state index in [1.165, 1.54) is 12.0 Å². The van der Waals surface area contributed by atoms with Gasteiger partial charge in [0.1, 0.15) is 12.1 Å². The maximum Gasteiger partial charge on any atom is 0.328 e. The Balaban J connectivity index is 2.74. The van der Waals surface area contributed by atoms with Gasteiger partial charge in [0.25, 0.3) is 0 Å². The number of terminal acetylenes is 1. The van der Waals surface area contributed by atoms with Crippen LogP contribution in [-0.4, -0.2) is 53.7 Å². The van der Waals surface area contributed by atoms with Crippen molar-refractivity contribution in [2.45, 2.75) is 37.8 Å². The zero-order valence-corrected chi connectivity index (χ0v) is 11.3. The molecule has 0 saturated carbocycles. The molecule has 1 aliphatic heterocycles. The van der Waals surface area contributed by atoms with Crippen molar-refractivity contribution in [2.75, 3.05) is 13.7 Å². The summed E-state index contributed by atoms with van der Waals surface area (Å²) >= 11 is 0. The Morgan fingerprint density at radius 3 is 2.75 bits per heavy atom. The number of piperidine rings is 1. The number of rotatable bonds is 4. The Hall–Kier alpha value is -2.23. The van der Waals surface area contributed by atoms with E-state index in [9.17, 15) is 14.4 Å². The quantitative estimate of drug-likeness (QED) is 0.567. The SMILES string of the molecule is C#CCC(NC(=O)N1CCCCC1C(=O)OC)C(=O)O. The standard InChI is InChI=1S/C13H18N2O5/c1-3-6-9(11(16)17)14-13(19)15-8-5-4-7-10(15)12(18)20-2/h1,9-10H,4-8H2,2H3,(H,14,19)(H,16,17). The van der Waals surface area contributed by atoms with Crippen LogP contribution < -0.4 is 5.32 Å². The van der Waals surface area contributed by atoms with E-state index in [-0.39, 0.29) is 6.42 Å². The molecule has 110 valence electrons. The molecule has 1 rings (SSSR count). The number of aliphatic carboxylic acids is 1. The topological polar surface area (TPSA) is 95.9 Å². The predicted octanol–water partition coefficient (Wildman–Crippen LogP) is 0.200. The van der Waals surface area contributed by atoms with E-state index in [1.54, 1.807) is 0 Å². The lowest BCUT2D eigenvalue weighted by Gasteiger charge is -2.34. The monoisotopic (exact) mass is 282 g/mol. The van der Waals surface area contributed by atoms with Crippen molar-refractivity contribution in [3.63, 3.8) is 0 Å². The molecule has 1 fully saturated rings. The van der Waals surface area contributed by atoms with Gasteiger partial charge in [-0.3, -0.25) is 0 Å². The van der Waals surface area contributed by atoms with Crippen LogP contribution in [0.15, 0.2) is 0 Å². The summed E-state index contributed by atoms with van der Waals surface area (Å²) in [5.41, 5.74) is 0. The van der Waals surface area contributed by atoms with Crippen molar-refractivity contribution in [3.8, 4) is 12.3 Å². The summed E-state index contributed by atoms with van der Waals surface area (Å²) in [5, 5.41) is 11.3. The number of methoxy groups -OCH3 is 1. The van der Waals surface area contributed by atoms with Gasteiger partial charge in [0.05, 0.1) is 7.11 Å². The van der Waals surface area contributed by atoms with Gasteiger partial charge in [-0.2, -0.15) is 0 Å². The van der Waals surface area contributed by atoms with Crippen molar-refractivity contribution in [1.82, 2.24) is 10.2 Å². The van der Waals surface area contributed by atoms with Gasteiger partial charge in [-0.05, 0) is 19.3 Å². The van der Waals surface area contributed by atoms with E-state index >= 15 is 0 Å². The number of hydrogen-bond donors (Lipinski definition) is 2. The number of likely N-dealkylation sites (tertiary alicyclic amines) is 1. The molecule has 2 atom stereocenters. The number of nitrogens with one attached hydrogen (secondary N) is 1. The molecule has 20 heavy (non-hydrogen) atoms. The minimum Gasteiger partial charge on any atom is -0.480 e. The number of carbonyl (C=O) groups is 3. The molecule has 7 heteroatoms. The van der Waals surface area contributed by atoms with E-state index in [2.05, 4.69) is 16.0 Å². The van der Waals surface area contributed by atoms with Crippen molar-refractivity contribution in [2.24, 2.45) is 0 Å². The first-order valence-corrected chi connectivity index (χ1v) is 6.32. The van der Waals surface area contributed by atoms with Gasteiger partial charge in [0.15, 0.2) is 0 Å². The van der Waals surface area contributed by atoms with Crippen LogP contribution in [0.4, 0.5) is 4.79 Å². The van der Waals surface area contributed by atoms with Crippen molar-refractivity contribution < 1.29 is 24.2 Å². The van der Waals surface area contributed by atoms with Crippen LogP contribution >= 0.6 is 0 Å². The van der Waals surface area contributed by atoms with E-state index < -0.39 is 30.1 Å². The number of ether oxygens (including phenoxy) is 1. The average Bonchev–Trinajstić information content (AvgIpc) is 2.45. The number of nitrogens with zero attached hydrogens (tertiary/aromatic N) is 1. The third-order valence-electron chi connectivity index (χ3n) is 3.15. The first kappa shape index (κ1) is 15.8. The van der Waals surface area contributed by atoms with Crippen molar-refractivity contribution in [1.29, 1.82) is 0 Å². The second-order valence-corrected chi connectivity index (χ2v) is 4.48. The Morgan fingerprint density at radius 1 is 1.50 bits per heavy atom. The summed E-state index contributed by atoms with van der Waals surface area (Å²) in [5.74, 6) is 0.495. The normalized spacial score (nSPS) is 19.6. The fraction of sp³-hybridized carbons (Fsp3) is 0.615. The fourth-order valence-electron chi connectivity index (χ4n) is 2.11. The highest BCUT2D eigenvalue weighted by Gasteiger charge is 2.34. The van der Waals surface area contributed by atoms with Crippen LogP contribution in [0.5, 0.6) is 0 Å². The Kier molecular flexibility index (Phi) is 5.84. The third kappa shape index (κ3) is 3.88. The van der Waals surface area contributed by atoms with Gasteiger partial charge in [0, 0.05) is 13.0 Å². The summed E-state index contributed by atoms with van der Waals surface area (Å²) in [6, 6.07) is -2.44. The van der Waals surface area contributed by atoms with E-state index in [4.69, 9.17) is 11.5 Å². The first-order chi connectivity index (χ1) is 9.51. The summed E-state index contributed by atoms with van der Waals surface area (Å²) in [4.78, 5) is 36.0. The van der Waals surface area contributed by atoms with Gasteiger partial charge in [-0.25, -0.2) is 14.4 Å². The lowest BCUT2D eigenvalue weighted by atomic mass is 10.0. The molecular weight excluding hydrogens is 264 g/mol. The summed E-state index contributed by atoms with van der Waals surface area (Å²) in [6.45, 7) is 0.383. The lowest BCUT2D eigenvalue weighted by Crippen LogP contribution is -2.55. The van der Waals surface area contributed by atoms with E-state index in [0.29, 0.717) is 13.0 Å². The van der Waals surface area contributed by atoms with Crippen LogP contribution in [0.3, 0.4) is 0 Å². The minimum absolute atomic E-state index is 0.113. The van der Waals surface area contributed by atoms with Gasteiger partial charge in [-0.15, -0.1) is 12.3 Å². The van der Waals surface area contributed by atoms with Gasteiger partial charge in [0.2, 0.25) is 0 Å². The molecule has 0 spiro atoms.